The molecule has 0 fully saturated rings. The van der Waals surface area contributed by atoms with Crippen molar-refractivity contribution in [2.75, 3.05) is 0 Å². The van der Waals surface area contributed by atoms with E-state index in [1.165, 1.54) is 11.8 Å². The fourth-order valence-corrected chi connectivity index (χ4v) is 3.13. The summed E-state index contributed by atoms with van der Waals surface area (Å²) in [5, 5.41) is 27.9. The number of carbonyl (C=O) groups is 1. The number of esters is 1. The van der Waals surface area contributed by atoms with Gasteiger partial charge in [0.2, 0.25) is 0 Å². The molecule has 0 spiro atoms. The lowest BCUT2D eigenvalue weighted by Crippen LogP contribution is -2.21. The minimum absolute atomic E-state index is 0.00754. The highest BCUT2D eigenvalue weighted by atomic mass is 16.5. The van der Waals surface area contributed by atoms with Crippen molar-refractivity contribution < 1.29 is 14.6 Å². The van der Waals surface area contributed by atoms with Crippen LogP contribution in [0.2, 0.25) is 0 Å². The van der Waals surface area contributed by atoms with Gasteiger partial charge in [0.05, 0.1) is 0 Å². The molecule has 0 amide bonds. The molecule has 1 heterocycles. The van der Waals surface area contributed by atoms with Crippen molar-refractivity contribution in [2.45, 2.75) is 65.2 Å². The number of aromatic hydroxyl groups is 1. The van der Waals surface area contributed by atoms with Crippen LogP contribution < -0.4 is 0 Å². The second kappa shape index (κ2) is 10.3. The molecule has 0 aliphatic carbocycles. The summed E-state index contributed by atoms with van der Waals surface area (Å²) in [6.07, 6.45) is 4.06. The zero-order valence-corrected chi connectivity index (χ0v) is 20.2. The van der Waals surface area contributed by atoms with Crippen LogP contribution in [-0.2, 0) is 20.4 Å². The topological polar surface area (TPSA) is 101 Å². The lowest BCUT2D eigenvalue weighted by molar-refractivity contribution is -0.131. The molecule has 0 aliphatic rings. The molecular formula is C26H32N4O3. The van der Waals surface area contributed by atoms with Crippen LogP contribution in [0.5, 0.6) is 5.75 Å². The fraction of sp³-hybridized carbons (Fsp3) is 0.385. The van der Waals surface area contributed by atoms with Gasteiger partial charge in [0.25, 0.3) is 6.26 Å². The van der Waals surface area contributed by atoms with Crippen molar-refractivity contribution >= 4 is 17.0 Å². The molecule has 0 radical (unpaired) electrons. The van der Waals surface area contributed by atoms with Gasteiger partial charge in [-0.15, -0.1) is 20.3 Å². The van der Waals surface area contributed by atoms with Crippen LogP contribution in [0, 0.1) is 11.5 Å². The highest BCUT2D eigenvalue weighted by Gasteiger charge is 2.29. The molecule has 0 unspecified atom stereocenters. The maximum Gasteiger partial charge on any atom is 0.345 e. The average molecular weight is 449 g/mol. The first-order valence-electron chi connectivity index (χ1n) is 10.9. The predicted octanol–water partition coefficient (Wildman–Crippen LogP) is 5.70. The summed E-state index contributed by atoms with van der Waals surface area (Å²) in [6, 6.07) is 12.0. The van der Waals surface area contributed by atoms with Crippen molar-refractivity contribution in [3.8, 4) is 17.7 Å². The molecule has 33 heavy (non-hydrogen) atoms. The van der Waals surface area contributed by atoms with E-state index in [4.69, 9.17) is 5.26 Å². The van der Waals surface area contributed by atoms with Crippen LogP contribution in [0.1, 0.15) is 65.5 Å². The fourth-order valence-electron chi connectivity index (χ4n) is 3.13. The van der Waals surface area contributed by atoms with Gasteiger partial charge in [-0.25, -0.2) is 4.79 Å². The van der Waals surface area contributed by atoms with Crippen LogP contribution in [0.3, 0.4) is 0 Å². The molecule has 1 N–H and O–H groups in total. The number of hydrogen-bond donors (Lipinski definition) is 1. The third kappa shape index (κ3) is 5.78. The van der Waals surface area contributed by atoms with E-state index < -0.39 is 5.97 Å². The average Bonchev–Trinajstić information content (AvgIpc) is 3.23. The number of nitrogens with zero attached hydrogens (tertiary/aromatic N) is 4. The second-order valence-corrected chi connectivity index (χ2v) is 9.06. The molecule has 0 saturated heterocycles. The number of phenolic OH excluding ortho intramolecular Hbond substituents is 1. The summed E-state index contributed by atoms with van der Waals surface area (Å²) in [6.45, 7) is 16.2. The molecule has 2 aromatic carbocycles. The van der Waals surface area contributed by atoms with Gasteiger partial charge in [-0.3, -0.25) is 0 Å². The van der Waals surface area contributed by atoms with Crippen LogP contribution in [0.15, 0.2) is 49.1 Å². The maximum absolute atomic E-state index is 11.1. The summed E-state index contributed by atoms with van der Waals surface area (Å²) in [4.78, 5) is 11.4. The summed E-state index contributed by atoms with van der Waals surface area (Å²) in [7, 11) is 0. The van der Waals surface area contributed by atoms with Crippen LogP contribution in [-0.4, -0.2) is 26.1 Å². The van der Waals surface area contributed by atoms with Crippen molar-refractivity contribution in [3.05, 3.63) is 60.2 Å². The first kappa shape index (κ1) is 25.6. The van der Waals surface area contributed by atoms with Gasteiger partial charge in [-0.2, -0.15) is 0 Å². The summed E-state index contributed by atoms with van der Waals surface area (Å²) in [5.41, 5.74) is 4.32. The Balaban J connectivity index is 0.000000479. The number of benzene rings is 2. The zero-order valence-electron chi connectivity index (χ0n) is 20.2. The number of phenols is 1. The molecule has 174 valence electrons. The minimum atomic E-state index is -0.720. The van der Waals surface area contributed by atoms with Crippen molar-refractivity contribution in [3.63, 3.8) is 0 Å². The second-order valence-electron chi connectivity index (χ2n) is 9.06. The minimum Gasteiger partial charge on any atom is -0.505 e. The first-order valence-corrected chi connectivity index (χ1v) is 10.9. The Morgan fingerprint density at radius 1 is 1.12 bits per heavy atom. The number of fused-ring (bicyclic) bond motifs is 1. The lowest BCUT2D eigenvalue weighted by atomic mass is 9.76. The Morgan fingerprint density at radius 2 is 1.67 bits per heavy atom. The van der Waals surface area contributed by atoms with Crippen molar-refractivity contribution in [1.29, 1.82) is 5.26 Å². The number of hydrogen-bond acceptors (Lipinski definition) is 6. The highest BCUT2D eigenvalue weighted by molar-refractivity contribution is 5.81. The van der Waals surface area contributed by atoms with E-state index in [9.17, 15) is 9.90 Å². The van der Waals surface area contributed by atoms with E-state index in [0.29, 0.717) is 5.69 Å². The van der Waals surface area contributed by atoms with Crippen LogP contribution in [0.4, 0.5) is 0 Å². The molecule has 1 aromatic heterocycles. The quantitative estimate of drug-likeness (QED) is 0.295. The number of rotatable bonds is 6. The molecule has 0 bridgehead atoms. The summed E-state index contributed by atoms with van der Waals surface area (Å²) >= 11 is 0. The maximum atomic E-state index is 11.1. The molecule has 7 heteroatoms. The molecule has 7 nitrogen and oxygen atoms in total. The van der Waals surface area contributed by atoms with Gasteiger partial charge in [0, 0.05) is 11.6 Å². The van der Waals surface area contributed by atoms with Crippen LogP contribution >= 0.6 is 0 Å². The Morgan fingerprint density at radius 3 is 2.09 bits per heavy atom. The van der Waals surface area contributed by atoms with Gasteiger partial charge in [0.15, 0.2) is 0 Å². The third-order valence-corrected chi connectivity index (χ3v) is 6.18. The summed E-state index contributed by atoms with van der Waals surface area (Å²) < 4.78 is 3.74. The third-order valence-electron chi connectivity index (χ3n) is 6.18. The normalized spacial score (nSPS) is 11.3. The van der Waals surface area contributed by atoms with E-state index in [1.807, 2.05) is 30.3 Å². The molecule has 0 atom stereocenters. The number of aromatic nitrogens is 3. The van der Waals surface area contributed by atoms with E-state index in [2.05, 4.69) is 69.1 Å². The highest BCUT2D eigenvalue weighted by Crippen LogP contribution is 2.41. The molecule has 3 rings (SSSR count). The Labute approximate surface area is 195 Å². The van der Waals surface area contributed by atoms with E-state index in [0.717, 1.165) is 35.5 Å². The summed E-state index contributed by atoms with van der Waals surface area (Å²) in [5.74, 6) is -0.449. The largest absolute Gasteiger partial charge is 0.505 e. The number of carbonyl (C=O) groups excluding carboxylic acids is 1. The molecule has 0 aliphatic heterocycles. The van der Waals surface area contributed by atoms with Crippen molar-refractivity contribution in [2.24, 2.45) is 0 Å². The lowest BCUT2D eigenvalue weighted by Gasteiger charge is -2.30. The Bertz CT molecular complexity index is 1150. The van der Waals surface area contributed by atoms with Gasteiger partial charge >= 0.3 is 5.97 Å². The van der Waals surface area contributed by atoms with Crippen LogP contribution in [0.25, 0.3) is 16.7 Å². The Hall–Kier alpha value is -3.66. The van der Waals surface area contributed by atoms with Gasteiger partial charge < -0.3 is 9.84 Å². The van der Waals surface area contributed by atoms with Crippen molar-refractivity contribution in [1.82, 2.24) is 15.0 Å². The number of nitriles is 1. The predicted molar refractivity (Wildman–Crippen MR) is 129 cm³/mol. The molecular weight excluding hydrogens is 416 g/mol. The molecule has 0 saturated carbocycles. The van der Waals surface area contributed by atoms with Gasteiger partial charge in [0.1, 0.15) is 22.5 Å². The zero-order chi connectivity index (χ0) is 24.8. The smallest absolute Gasteiger partial charge is 0.345 e. The van der Waals surface area contributed by atoms with E-state index in [1.54, 1.807) is 4.80 Å². The Kier molecular flexibility index (Phi) is 7.99. The first-order chi connectivity index (χ1) is 15.5. The monoisotopic (exact) mass is 448 g/mol. The standard InChI is InChI=1S/C22H29N3O.C4H3NO2/c1-7-21(3,4)15-13-16(22(5,6)8-2)20(26)19(14-15)25-23-17-11-9-10-12-18(17)24-25;1-2-4(6)7-3-5/h9-14,26H,7-8H2,1-6H3;2H,1H2. The number of ether oxygens (including phenoxy) is 1. The van der Waals surface area contributed by atoms with E-state index in [-0.39, 0.29) is 16.6 Å². The van der Waals surface area contributed by atoms with Gasteiger partial charge in [-0.1, -0.05) is 66.3 Å². The van der Waals surface area contributed by atoms with Gasteiger partial charge in [-0.05, 0) is 47.4 Å². The molecule has 3 aromatic rings. The van der Waals surface area contributed by atoms with E-state index >= 15 is 0 Å². The SMILES string of the molecule is C=CC(=O)OC#N.CCC(C)(C)c1cc(-n2nc3ccccc3n2)c(O)c(C(C)(C)CC)c1.